The van der Waals surface area contributed by atoms with E-state index >= 15 is 0 Å². The van der Waals surface area contributed by atoms with Crippen molar-refractivity contribution in [2.75, 3.05) is 25.2 Å². The molecular formula is C11H15N3O4S. The fraction of sp³-hybridized carbons (Fsp3) is 0.545. The summed E-state index contributed by atoms with van der Waals surface area (Å²) in [6, 6.07) is 0.724. The molecule has 104 valence electrons. The summed E-state index contributed by atoms with van der Waals surface area (Å²) in [6.07, 6.45) is 0. The normalized spacial score (nSPS) is 19.3. The van der Waals surface area contributed by atoms with Crippen LogP contribution < -0.4 is 4.74 Å². The quantitative estimate of drug-likeness (QED) is 0.846. The Morgan fingerprint density at radius 1 is 1.58 bits per heavy atom. The molecule has 0 saturated carbocycles. The summed E-state index contributed by atoms with van der Waals surface area (Å²) in [5.41, 5.74) is 0.206. The summed E-state index contributed by atoms with van der Waals surface area (Å²) < 4.78 is 6.49. The predicted octanol–water partition coefficient (Wildman–Crippen LogP) is 0.0709. The molecule has 1 unspecified atom stereocenters. The number of amides is 1. The van der Waals surface area contributed by atoms with Crippen molar-refractivity contribution in [3.63, 3.8) is 0 Å². The lowest BCUT2D eigenvalue weighted by Crippen LogP contribution is -2.50. The number of carboxylic acids is 1. The van der Waals surface area contributed by atoms with Crippen molar-refractivity contribution in [1.82, 2.24) is 14.7 Å². The fourth-order valence-electron chi connectivity index (χ4n) is 1.94. The molecule has 0 radical (unpaired) electrons. The van der Waals surface area contributed by atoms with Gasteiger partial charge < -0.3 is 14.7 Å². The van der Waals surface area contributed by atoms with E-state index in [-0.39, 0.29) is 11.6 Å². The first kappa shape index (κ1) is 13.7. The molecule has 0 aliphatic carbocycles. The molecule has 7 nitrogen and oxygen atoms in total. The van der Waals surface area contributed by atoms with Crippen LogP contribution in [0.5, 0.6) is 5.88 Å². The molecule has 1 aliphatic heterocycles. The van der Waals surface area contributed by atoms with Crippen molar-refractivity contribution in [2.45, 2.75) is 6.04 Å². The zero-order chi connectivity index (χ0) is 14.0. The minimum atomic E-state index is -0.983. The number of carbonyl (C=O) groups is 2. The molecule has 1 atom stereocenters. The summed E-state index contributed by atoms with van der Waals surface area (Å²) in [4.78, 5) is 24.9. The van der Waals surface area contributed by atoms with Crippen LogP contribution in [0, 0.1) is 0 Å². The Bertz CT molecular complexity index is 502. The second-order valence-electron chi connectivity index (χ2n) is 4.12. The molecule has 1 aromatic heterocycles. The largest absolute Gasteiger partial charge is 0.481 e. The highest BCUT2D eigenvalue weighted by atomic mass is 32.2. The minimum Gasteiger partial charge on any atom is -0.481 e. The SMILES string of the molecule is COc1cc(C(=O)N2CCSCC2C(=O)O)nn1C. The van der Waals surface area contributed by atoms with Crippen LogP contribution in [0.4, 0.5) is 0 Å². The lowest BCUT2D eigenvalue weighted by Gasteiger charge is -2.31. The number of carboxylic acid groups (broad SMARTS) is 1. The summed E-state index contributed by atoms with van der Waals surface area (Å²) in [5.74, 6) is 0.251. The molecule has 19 heavy (non-hydrogen) atoms. The Labute approximate surface area is 114 Å². The lowest BCUT2D eigenvalue weighted by molar-refractivity contribution is -0.141. The van der Waals surface area contributed by atoms with Crippen molar-refractivity contribution in [3.05, 3.63) is 11.8 Å². The van der Waals surface area contributed by atoms with Gasteiger partial charge in [0.25, 0.3) is 5.91 Å². The molecule has 0 bridgehead atoms. The first-order valence-electron chi connectivity index (χ1n) is 5.74. The van der Waals surface area contributed by atoms with Crippen molar-refractivity contribution in [3.8, 4) is 5.88 Å². The maximum absolute atomic E-state index is 12.3. The smallest absolute Gasteiger partial charge is 0.327 e. The van der Waals surface area contributed by atoms with E-state index in [0.29, 0.717) is 18.2 Å². The van der Waals surface area contributed by atoms with E-state index in [0.717, 1.165) is 5.75 Å². The second-order valence-corrected chi connectivity index (χ2v) is 5.27. The standard InChI is InChI=1S/C11H15N3O4S/c1-13-9(18-2)5-7(12-13)10(15)14-3-4-19-6-8(14)11(16)17/h5,8H,3-4,6H2,1-2H3,(H,16,17). The second kappa shape index (κ2) is 5.52. The van der Waals surface area contributed by atoms with Gasteiger partial charge in [-0.2, -0.15) is 16.9 Å². The molecule has 2 heterocycles. The highest BCUT2D eigenvalue weighted by molar-refractivity contribution is 7.99. The van der Waals surface area contributed by atoms with Crippen LogP contribution in [-0.4, -0.2) is 62.9 Å². The minimum absolute atomic E-state index is 0.206. The Morgan fingerprint density at radius 2 is 2.32 bits per heavy atom. The van der Waals surface area contributed by atoms with Gasteiger partial charge in [-0.15, -0.1) is 0 Å². The number of ether oxygens (including phenoxy) is 1. The number of methoxy groups -OCH3 is 1. The molecule has 1 aliphatic rings. The number of thioether (sulfide) groups is 1. The zero-order valence-corrected chi connectivity index (χ0v) is 11.5. The first-order valence-corrected chi connectivity index (χ1v) is 6.89. The summed E-state index contributed by atoms with van der Waals surface area (Å²) in [5, 5.41) is 13.2. The number of nitrogens with zero attached hydrogens (tertiary/aromatic N) is 3. The molecule has 1 aromatic rings. The first-order chi connectivity index (χ1) is 9.04. The number of hydrogen-bond acceptors (Lipinski definition) is 5. The van der Waals surface area contributed by atoms with E-state index in [1.54, 1.807) is 7.05 Å². The topological polar surface area (TPSA) is 84.7 Å². The van der Waals surface area contributed by atoms with E-state index in [4.69, 9.17) is 9.84 Å². The number of aromatic nitrogens is 2. The van der Waals surface area contributed by atoms with Crippen molar-refractivity contribution >= 4 is 23.6 Å². The van der Waals surface area contributed by atoms with Gasteiger partial charge in [-0.05, 0) is 0 Å². The van der Waals surface area contributed by atoms with Gasteiger partial charge in [0.05, 0.1) is 7.11 Å². The van der Waals surface area contributed by atoms with Crippen LogP contribution in [0.1, 0.15) is 10.5 Å². The maximum atomic E-state index is 12.3. The summed E-state index contributed by atoms with van der Waals surface area (Å²) in [7, 11) is 3.15. The van der Waals surface area contributed by atoms with E-state index < -0.39 is 12.0 Å². The van der Waals surface area contributed by atoms with E-state index in [1.807, 2.05) is 0 Å². The summed E-state index contributed by atoms with van der Waals surface area (Å²) in [6.45, 7) is 0.416. The van der Waals surface area contributed by atoms with Crippen LogP contribution in [0.3, 0.4) is 0 Å². The average molecular weight is 285 g/mol. The number of hydrogen-bond donors (Lipinski definition) is 1. The number of rotatable bonds is 3. The van der Waals surface area contributed by atoms with Crippen molar-refractivity contribution < 1.29 is 19.4 Å². The number of aryl methyl sites for hydroxylation is 1. The number of aliphatic carboxylic acids is 1. The monoisotopic (exact) mass is 285 g/mol. The third kappa shape index (κ3) is 2.67. The Kier molecular flexibility index (Phi) is 3.98. The fourth-order valence-corrected chi connectivity index (χ4v) is 2.98. The molecule has 1 saturated heterocycles. The third-order valence-corrected chi connectivity index (χ3v) is 3.96. The van der Waals surface area contributed by atoms with Crippen LogP contribution in [0.2, 0.25) is 0 Å². The molecule has 1 amide bonds. The van der Waals surface area contributed by atoms with Gasteiger partial charge in [0, 0.05) is 31.2 Å². The van der Waals surface area contributed by atoms with Gasteiger partial charge in [0.15, 0.2) is 5.69 Å². The number of carbonyl (C=O) groups excluding carboxylic acids is 1. The van der Waals surface area contributed by atoms with Crippen molar-refractivity contribution in [1.29, 1.82) is 0 Å². The molecular weight excluding hydrogens is 270 g/mol. The van der Waals surface area contributed by atoms with Crippen LogP contribution >= 0.6 is 11.8 Å². The van der Waals surface area contributed by atoms with E-state index in [1.165, 1.54) is 34.5 Å². The summed E-state index contributed by atoms with van der Waals surface area (Å²) >= 11 is 1.54. The molecule has 0 spiro atoms. The van der Waals surface area contributed by atoms with Gasteiger partial charge in [-0.3, -0.25) is 4.79 Å². The molecule has 1 N–H and O–H groups in total. The van der Waals surface area contributed by atoms with Gasteiger partial charge in [-0.1, -0.05) is 0 Å². The third-order valence-electron chi connectivity index (χ3n) is 2.94. The molecule has 1 fully saturated rings. The zero-order valence-electron chi connectivity index (χ0n) is 10.7. The average Bonchev–Trinajstić information content (AvgIpc) is 2.79. The highest BCUT2D eigenvalue weighted by Gasteiger charge is 2.34. The predicted molar refractivity (Wildman–Crippen MR) is 69.5 cm³/mol. The van der Waals surface area contributed by atoms with Gasteiger partial charge in [0.2, 0.25) is 5.88 Å². The Balaban J connectivity index is 2.23. The van der Waals surface area contributed by atoms with E-state index in [2.05, 4.69) is 5.10 Å². The van der Waals surface area contributed by atoms with Crippen LogP contribution in [0.15, 0.2) is 6.07 Å². The van der Waals surface area contributed by atoms with Gasteiger partial charge in [0.1, 0.15) is 6.04 Å². The maximum Gasteiger partial charge on any atom is 0.327 e. The highest BCUT2D eigenvalue weighted by Crippen LogP contribution is 2.20. The molecule has 0 aromatic carbocycles. The van der Waals surface area contributed by atoms with Crippen LogP contribution in [-0.2, 0) is 11.8 Å². The van der Waals surface area contributed by atoms with Crippen LogP contribution in [0.25, 0.3) is 0 Å². The Hall–Kier alpha value is -1.70. The van der Waals surface area contributed by atoms with Crippen molar-refractivity contribution in [2.24, 2.45) is 7.05 Å². The lowest BCUT2D eigenvalue weighted by atomic mass is 10.2. The van der Waals surface area contributed by atoms with Gasteiger partial charge in [-0.25, -0.2) is 9.48 Å². The molecule has 2 rings (SSSR count). The van der Waals surface area contributed by atoms with E-state index in [9.17, 15) is 9.59 Å². The Morgan fingerprint density at radius 3 is 2.89 bits per heavy atom. The van der Waals surface area contributed by atoms with Gasteiger partial charge >= 0.3 is 5.97 Å². The molecule has 8 heteroatoms.